The van der Waals surface area contributed by atoms with E-state index in [9.17, 15) is 23.2 Å². The molecule has 218 valence electrons. The highest BCUT2D eigenvalue weighted by molar-refractivity contribution is 7.99. The molecule has 0 fully saturated rings. The van der Waals surface area contributed by atoms with Gasteiger partial charge in [0.05, 0.1) is 22.8 Å². The standard InChI is InChI=1S/C27H25Cl3F2N4O4S/c1-3-33-7-8-35(14-37)19-9-15-12-36(13-16(15)10-20(19)40-2)26(39)23-21(11-22(27(30,31)32)34-25(23)38)41-24-17(28)5-4-6-18(24)29/h4-6,9-11,14,33H,3,7-8,12-13H2,1-2H3,(H,34,38). The molecule has 0 saturated heterocycles. The van der Waals surface area contributed by atoms with Crippen LogP contribution in [0.25, 0.3) is 0 Å². The molecule has 2 heterocycles. The van der Waals surface area contributed by atoms with Crippen LogP contribution in [0.15, 0.2) is 51.0 Å². The molecule has 0 radical (unpaired) electrons. The lowest BCUT2D eigenvalue weighted by Gasteiger charge is -2.21. The summed E-state index contributed by atoms with van der Waals surface area (Å²) in [6, 6.07) is 9.15. The summed E-state index contributed by atoms with van der Waals surface area (Å²) >= 11 is 18.6. The SMILES string of the molecule is CCNCCN(C=O)c1cc2c(cc1OC)CN(C(=O)c1c(Sc3c(Cl)cccc3Cl)cc(C(F)(F)Cl)[nH]c1=O)C2. The number of hydrogen-bond acceptors (Lipinski definition) is 6. The Bertz CT molecular complexity index is 1510. The summed E-state index contributed by atoms with van der Waals surface area (Å²) in [7, 11) is 1.48. The van der Waals surface area contributed by atoms with Crippen LogP contribution in [0, 0.1) is 0 Å². The first-order valence-corrected chi connectivity index (χ1v) is 14.3. The van der Waals surface area contributed by atoms with Crippen molar-refractivity contribution in [3.05, 3.63) is 79.2 Å². The first-order valence-electron chi connectivity index (χ1n) is 12.4. The van der Waals surface area contributed by atoms with E-state index in [2.05, 4.69) is 5.32 Å². The Morgan fingerprint density at radius 3 is 2.46 bits per heavy atom. The van der Waals surface area contributed by atoms with Crippen LogP contribution in [0.4, 0.5) is 14.5 Å². The summed E-state index contributed by atoms with van der Waals surface area (Å²) in [6.07, 6.45) is 0.705. The molecule has 4 rings (SSSR count). The van der Waals surface area contributed by atoms with Crippen molar-refractivity contribution in [1.29, 1.82) is 0 Å². The van der Waals surface area contributed by atoms with E-state index in [1.807, 2.05) is 11.9 Å². The second-order valence-corrected chi connectivity index (χ2v) is 11.3. The van der Waals surface area contributed by atoms with E-state index in [1.54, 1.807) is 30.3 Å². The third kappa shape index (κ3) is 6.81. The Balaban J connectivity index is 1.71. The molecule has 0 spiro atoms. The molecule has 2 N–H and O–H groups in total. The van der Waals surface area contributed by atoms with Gasteiger partial charge < -0.3 is 24.8 Å². The normalized spacial score (nSPS) is 12.8. The summed E-state index contributed by atoms with van der Waals surface area (Å²) in [6.45, 7) is 3.89. The first kappa shape index (κ1) is 31.1. The quantitative estimate of drug-likeness (QED) is 0.154. The van der Waals surface area contributed by atoms with Crippen molar-refractivity contribution < 1.29 is 23.1 Å². The number of ether oxygens (including phenoxy) is 1. The van der Waals surface area contributed by atoms with Crippen LogP contribution in [0.5, 0.6) is 5.75 Å². The van der Waals surface area contributed by atoms with E-state index in [0.717, 1.165) is 35.5 Å². The number of hydrogen-bond donors (Lipinski definition) is 2. The number of halogens is 5. The van der Waals surface area contributed by atoms with E-state index < -0.39 is 22.5 Å². The number of alkyl halides is 3. The highest BCUT2D eigenvalue weighted by atomic mass is 35.5. The van der Waals surface area contributed by atoms with Crippen molar-refractivity contribution in [2.45, 2.75) is 35.2 Å². The van der Waals surface area contributed by atoms with Crippen molar-refractivity contribution in [1.82, 2.24) is 15.2 Å². The van der Waals surface area contributed by atoms with Crippen molar-refractivity contribution in [2.75, 3.05) is 31.6 Å². The average Bonchev–Trinajstić information content (AvgIpc) is 3.34. The molecule has 0 atom stereocenters. The van der Waals surface area contributed by atoms with Crippen molar-refractivity contribution in [3.63, 3.8) is 0 Å². The fraction of sp³-hybridized carbons (Fsp3) is 0.296. The summed E-state index contributed by atoms with van der Waals surface area (Å²) < 4.78 is 33.6. The molecule has 1 aliphatic rings. The van der Waals surface area contributed by atoms with Crippen LogP contribution in [0.2, 0.25) is 10.0 Å². The van der Waals surface area contributed by atoms with Gasteiger partial charge in [-0.2, -0.15) is 8.78 Å². The number of aromatic nitrogens is 1. The largest absolute Gasteiger partial charge is 0.495 e. The number of rotatable bonds is 11. The minimum Gasteiger partial charge on any atom is -0.495 e. The van der Waals surface area contributed by atoms with Gasteiger partial charge in [0.15, 0.2) is 0 Å². The number of carbonyl (C=O) groups is 2. The van der Waals surface area contributed by atoms with Crippen LogP contribution in [-0.2, 0) is 23.3 Å². The number of nitrogens with zero attached hydrogens (tertiary/aromatic N) is 2. The molecule has 41 heavy (non-hydrogen) atoms. The second-order valence-electron chi connectivity index (χ2n) is 9.01. The van der Waals surface area contributed by atoms with Crippen molar-refractivity contribution in [3.8, 4) is 5.75 Å². The van der Waals surface area contributed by atoms with E-state index in [1.165, 1.54) is 16.9 Å². The molecule has 2 aromatic carbocycles. The molecular formula is C27H25Cl3F2N4O4S. The number of anilines is 1. The highest BCUT2D eigenvalue weighted by Crippen LogP contribution is 2.42. The summed E-state index contributed by atoms with van der Waals surface area (Å²) in [5, 5.41) is -0.313. The maximum absolute atomic E-state index is 14.0. The lowest BCUT2D eigenvalue weighted by atomic mass is 10.1. The van der Waals surface area contributed by atoms with Gasteiger partial charge in [0.25, 0.3) is 11.5 Å². The minimum atomic E-state index is -3.89. The third-order valence-electron chi connectivity index (χ3n) is 6.37. The number of H-pyrrole nitrogens is 1. The van der Waals surface area contributed by atoms with E-state index in [4.69, 9.17) is 39.5 Å². The van der Waals surface area contributed by atoms with Gasteiger partial charge in [0.2, 0.25) is 6.41 Å². The number of benzene rings is 2. The van der Waals surface area contributed by atoms with Gasteiger partial charge in [-0.25, -0.2) is 0 Å². The molecule has 8 nitrogen and oxygen atoms in total. The van der Waals surface area contributed by atoms with E-state index in [-0.39, 0.29) is 38.5 Å². The van der Waals surface area contributed by atoms with Gasteiger partial charge in [-0.15, -0.1) is 0 Å². The second kappa shape index (κ2) is 13.0. The molecule has 0 bridgehead atoms. The maximum atomic E-state index is 14.0. The molecule has 1 aromatic heterocycles. The van der Waals surface area contributed by atoms with Crippen LogP contribution in [0.3, 0.4) is 0 Å². The van der Waals surface area contributed by atoms with Gasteiger partial charge >= 0.3 is 5.38 Å². The van der Waals surface area contributed by atoms with Crippen LogP contribution < -0.4 is 20.5 Å². The number of nitrogens with one attached hydrogen (secondary N) is 2. The first-order chi connectivity index (χ1) is 19.5. The fourth-order valence-electron chi connectivity index (χ4n) is 4.37. The monoisotopic (exact) mass is 644 g/mol. The van der Waals surface area contributed by atoms with Crippen LogP contribution in [-0.4, -0.2) is 48.9 Å². The summed E-state index contributed by atoms with van der Waals surface area (Å²) in [5.41, 5.74) is -0.256. The summed E-state index contributed by atoms with van der Waals surface area (Å²) in [4.78, 5) is 43.9. The Morgan fingerprint density at radius 1 is 1.22 bits per heavy atom. The summed E-state index contributed by atoms with van der Waals surface area (Å²) in [5.74, 6) is -0.254. The number of carbonyl (C=O) groups excluding carboxylic acids is 2. The topological polar surface area (TPSA) is 94.7 Å². The zero-order valence-electron chi connectivity index (χ0n) is 21.9. The van der Waals surface area contributed by atoms with Gasteiger partial charge in [0, 0.05) is 36.0 Å². The number of likely N-dealkylation sites (N-methyl/N-ethyl adjacent to an activating group) is 1. The average molecular weight is 646 g/mol. The van der Waals surface area contributed by atoms with E-state index >= 15 is 0 Å². The Hall–Kier alpha value is -2.83. The zero-order chi connectivity index (χ0) is 29.9. The number of amides is 2. The fourth-order valence-corrected chi connectivity index (χ4v) is 6.11. The lowest BCUT2D eigenvalue weighted by molar-refractivity contribution is -0.107. The van der Waals surface area contributed by atoms with E-state index in [0.29, 0.717) is 30.9 Å². The van der Waals surface area contributed by atoms with Crippen molar-refractivity contribution >= 4 is 64.6 Å². The molecule has 0 saturated carbocycles. The smallest absolute Gasteiger partial charge is 0.362 e. The number of fused-ring (bicyclic) bond motifs is 1. The predicted molar refractivity (Wildman–Crippen MR) is 156 cm³/mol. The molecule has 0 aliphatic carbocycles. The van der Waals surface area contributed by atoms with Crippen LogP contribution in [0.1, 0.15) is 34.1 Å². The molecular weight excluding hydrogens is 621 g/mol. The van der Waals surface area contributed by atoms with Gasteiger partial charge in [-0.05, 0) is 59.6 Å². The van der Waals surface area contributed by atoms with Gasteiger partial charge in [-0.3, -0.25) is 14.4 Å². The third-order valence-corrected chi connectivity index (χ3v) is 8.62. The molecule has 14 heteroatoms. The lowest BCUT2D eigenvalue weighted by Crippen LogP contribution is -2.32. The van der Waals surface area contributed by atoms with Gasteiger partial charge in [-0.1, -0.05) is 48.0 Å². The maximum Gasteiger partial charge on any atom is 0.362 e. The van der Waals surface area contributed by atoms with Crippen LogP contribution >= 0.6 is 46.6 Å². The Kier molecular flexibility index (Phi) is 9.86. The highest BCUT2D eigenvalue weighted by Gasteiger charge is 2.34. The number of pyridine rings is 1. The molecule has 0 unspecified atom stereocenters. The predicted octanol–water partition coefficient (Wildman–Crippen LogP) is 5.86. The Morgan fingerprint density at radius 2 is 1.88 bits per heavy atom. The molecule has 1 aliphatic heterocycles. The Labute approximate surface area is 253 Å². The van der Waals surface area contributed by atoms with Crippen molar-refractivity contribution in [2.24, 2.45) is 0 Å². The molecule has 2 amide bonds. The zero-order valence-corrected chi connectivity index (χ0v) is 25.0. The molecule has 3 aromatic rings. The van der Waals surface area contributed by atoms with Gasteiger partial charge in [0.1, 0.15) is 17.0 Å². The number of methoxy groups -OCH3 is 1. The minimum absolute atomic E-state index is 0.0890. The number of aromatic amines is 1.